The van der Waals surface area contributed by atoms with Crippen LogP contribution in [0, 0.1) is 11.3 Å². The SMILES string of the molecule is CC(C)COC(=O)Nc1ccc(N2CCC[C@@]3(CCN(C4CCC(O)CC4)C3=O)C2)nc1. The molecule has 3 heterocycles. The Kier molecular flexibility index (Phi) is 6.88. The second-order valence-corrected chi connectivity index (χ2v) is 10.0. The van der Waals surface area contributed by atoms with Gasteiger partial charge in [0.25, 0.3) is 0 Å². The number of aliphatic hydroxyl groups excluding tert-OH is 1. The van der Waals surface area contributed by atoms with Crippen molar-refractivity contribution in [3.63, 3.8) is 0 Å². The van der Waals surface area contributed by atoms with Crippen molar-refractivity contribution in [2.75, 3.05) is 36.5 Å². The van der Waals surface area contributed by atoms with Gasteiger partial charge >= 0.3 is 6.09 Å². The zero-order chi connectivity index (χ0) is 22.7. The third-order valence-electron chi connectivity index (χ3n) is 7.10. The topological polar surface area (TPSA) is 95.0 Å². The molecule has 1 atom stereocenters. The van der Waals surface area contributed by atoms with Crippen molar-refractivity contribution >= 4 is 23.5 Å². The number of aromatic nitrogens is 1. The lowest BCUT2D eigenvalue weighted by molar-refractivity contribution is -0.139. The standard InChI is InChI=1S/C24H36N4O4/c1-17(2)15-32-23(31)26-18-4-9-21(25-14-18)27-12-3-10-24(16-27)11-13-28(22(24)30)19-5-7-20(29)8-6-19/h4,9,14,17,19-20,29H,3,5-8,10-13,15-16H2,1-2H3,(H,26,31)/t19?,20?,24-/m1/s1. The number of rotatable bonds is 5. The first-order valence-electron chi connectivity index (χ1n) is 12.0. The number of piperidine rings is 1. The Morgan fingerprint density at radius 1 is 1.25 bits per heavy atom. The Morgan fingerprint density at radius 2 is 2.03 bits per heavy atom. The molecule has 0 aromatic carbocycles. The molecule has 1 aliphatic carbocycles. The molecular formula is C24H36N4O4. The van der Waals surface area contributed by atoms with Gasteiger partial charge in [0.15, 0.2) is 0 Å². The van der Waals surface area contributed by atoms with Crippen LogP contribution < -0.4 is 10.2 Å². The Morgan fingerprint density at radius 3 is 2.72 bits per heavy atom. The Hall–Kier alpha value is -2.35. The molecule has 4 rings (SSSR count). The molecule has 3 fully saturated rings. The first kappa shape index (κ1) is 22.8. The highest BCUT2D eigenvalue weighted by Gasteiger charge is 2.50. The van der Waals surface area contributed by atoms with E-state index in [1.54, 1.807) is 6.20 Å². The van der Waals surface area contributed by atoms with Gasteiger partial charge in [0.05, 0.1) is 30.0 Å². The minimum absolute atomic E-state index is 0.205. The van der Waals surface area contributed by atoms with Gasteiger partial charge < -0.3 is 19.6 Å². The second-order valence-electron chi connectivity index (χ2n) is 10.0. The lowest BCUT2D eigenvalue weighted by Gasteiger charge is -2.41. The summed E-state index contributed by atoms with van der Waals surface area (Å²) in [5.74, 6) is 1.40. The summed E-state index contributed by atoms with van der Waals surface area (Å²) in [7, 11) is 0. The van der Waals surface area contributed by atoms with Crippen LogP contribution >= 0.6 is 0 Å². The predicted octanol–water partition coefficient (Wildman–Crippen LogP) is 3.41. The van der Waals surface area contributed by atoms with Gasteiger partial charge in [-0.2, -0.15) is 0 Å². The zero-order valence-electron chi connectivity index (χ0n) is 19.3. The van der Waals surface area contributed by atoms with Gasteiger partial charge in [-0.05, 0) is 63.0 Å². The summed E-state index contributed by atoms with van der Waals surface area (Å²) >= 11 is 0. The quantitative estimate of drug-likeness (QED) is 0.723. The number of hydrogen-bond acceptors (Lipinski definition) is 6. The van der Waals surface area contributed by atoms with Crippen molar-refractivity contribution in [1.82, 2.24) is 9.88 Å². The van der Waals surface area contributed by atoms with Gasteiger partial charge in [-0.15, -0.1) is 0 Å². The van der Waals surface area contributed by atoms with E-state index in [1.165, 1.54) is 0 Å². The summed E-state index contributed by atoms with van der Waals surface area (Å²) in [4.78, 5) is 34.2. The van der Waals surface area contributed by atoms with Crippen LogP contribution in [0.3, 0.4) is 0 Å². The van der Waals surface area contributed by atoms with Crippen LogP contribution in [-0.2, 0) is 9.53 Å². The van der Waals surface area contributed by atoms with Gasteiger partial charge in [0.2, 0.25) is 5.91 Å². The highest BCUT2D eigenvalue weighted by Crippen LogP contribution is 2.43. The van der Waals surface area contributed by atoms with Crippen molar-refractivity contribution in [3.05, 3.63) is 18.3 Å². The molecule has 1 spiro atoms. The molecule has 8 nitrogen and oxygen atoms in total. The summed E-state index contributed by atoms with van der Waals surface area (Å²) in [5, 5.41) is 12.5. The predicted molar refractivity (Wildman–Crippen MR) is 123 cm³/mol. The Bertz CT molecular complexity index is 807. The van der Waals surface area contributed by atoms with E-state index in [-0.39, 0.29) is 29.4 Å². The smallest absolute Gasteiger partial charge is 0.411 e. The molecule has 0 bridgehead atoms. The summed E-state index contributed by atoms with van der Waals surface area (Å²) < 4.78 is 5.15. The minimum Gasteiger partial charge on any atom is -0.449 e. The van der Waals surface area contributed by atoms with E-state index in [9.17, 15) is 14.7 Å². The summed E-state index contributed by atoms with van der Waals surface area (Å²) in [6, 6.07) is 4.01. The fourth-order valence-electron chi connectivity index (χ4n) is 5.32. The monoisotopic (exact) mass is 444 g/mol. The van der Waals surface area contributed by atoms with Crippen LogP contribution in [0.5, 0.6) is 0 Å². The van der Waals surface area contributed by atoms with Crippen LogP contribution in [0.4, 0.5) is 16.3 Å². The molecule has 2 amide bonds. The molecule has 8 heteroatoms. The second kappa shape index (κ2) is 9.65. The van der Waals surface area contributed by atoms with E-state index in [2.05, 4.69) is 20.1 Å². The fraction of sp³-hybridized carbons (Fsp3) is 0.708. The molecule has 3 aliphatic rings. The molecule has 1 aromatic heterocycles. The van der Waals surface area contributed by atoms with Crippen LogP contribution in [0.15, 0.2) is 18.3 Å². The van der Waals surface area contributed by atoms with Crippen LogP contribution in [0.2, 0.25) is 0 Å². The molecule has 32 heavy (non-hydrogen) atoms. The van der Waals surface area contributed by atoms with Crippen molar-refractivity contribution in [2.45, 2.75) is 70.9 Å². The lowest BCUT2D eigenvalue weighted by atomic mass is 9.78. The molecule has 0 unspecified atom stereocenters. The Labute approximate surface area is 190 Å². The average molecular weight is 445 g/mol. The number of nitrogens with zero attached hydrogens (tertiary/aromatic N) is 3. The van der Waals surface area contributed by atoms with Crippen molar-refractivity contribution in [3.8, 4) is 0 Å². The Balaban J connectivity index is 1.36. The highest BCUT2D eigenvalue weighted by atomic mass is 16.5. The van der Waals surface area contributed by atoms with E-state index in [0.717, 1.165) is 63.9 Å². The maximum absolute atomic E-state index is 13.5. The number of amides is 2. The van der Waals surface area contributed by atoms with E-state index in [1.807, 2.05) is 26.0 Å². The number of carbonyl (C=O) groups is 2. The number of carbonyl (C=O) groups excluding carboxylic acids is 2. The maximum Gasteiger partial charge on any atom is 0.411 e. The molecule has 1 aromatic rings. The van der Waals surface area contributed by atoms with Gasteiger partial charge in [-0.1, -0.05) is 13.8 Å². The third kappa shape index (κ3) is 5.00. The number of anilines is 2. The fourth-order valence-corrected chi connectivity index (χ4v) is 5.32. The van der Waals surface area contributed by atoms with Crippen molar-refractivity contribution in [2.24, 2.45) is 11.3 Å². The van der Waals surface area contributed by atoms with Gasteiger partial charge in [-0.3, -0.25) is 10.1 Å². The number of aliphatic hydroxyl groups is 1. The number of ether oxygens (including phenoxy) is 1. The molecule has 2 saturated heterocycles. The molecule has 1 saturated carbocycles. The first-order chi connectivity index (χ1) is 15.4. The summed E-state index contributed by atoms with van der Waals surface area (Å²) in [5.41, 5.74) is 0.268. The van der Waals surface area contributed by atoms with Gasteiger partial charge in [-0.25, -0.2) is 9.78 Å². The maximum atomic E-state index is 13.5. The highest BCUT2D eigenvalue weighted by molar-refractivity contribution is 5.86. The summed E-state index contributed by atoms with van der Waals surface area (Å²) in [6.07, 6.45) is 7.14. The zero-order valence-corrected chi connectivity index (χ0v) is 19.3. The number of nitrogens with one attached hydrogen (secondary N) is 1. The normalized spacial score (nSPS) is 28.4. The number of pyridine rings is 1. The molecule has 2 N–H and O–H groups in total. The average Bonchev–Trinajstić information content (AvgIpc) is 3.09. The molecule has 176 valence electrons. The van der Waals surface area contributed by atoms with E-state index >= 15 is 0 Å². The van der Waals surface area contributed by atoms with E-state index in [4.69, 9.17) is 4.74 Å². The first-order valence-corrected chi connectivity index (χ1v) is 12.0. The minimum atomic E-state index is -0.475. The molecule has 0 radical (unpaired) electrons. The van der Waals surface area contributed by atoms with Crippen LogP contribution in [-0.4, -0.2) is 65.4 Å². The van der Waals surface area contributed by atoms with Crippen LogP contribution in [0.25, 0.3) is 0 Å². The number of likely N-dealkylation sites (tertiary alicyclic amines) is 1. The van der Waals surface area contributed by atoms with Gasteiger partial charge in [0.1, 0.15) is 5.82 Å². The summed E-state index contributed by atoms with van der Waals surface area (Å²) in [6.45, 7) is 6.74. The largest absolute Gasteiger partial charge is 0.449 e. The lowest BCUT2D eigenvalue weighted by Crippen LogP contribution is -2.50. The van der Waals surface area contributed by atoms with Crippen molar-refractivity contribution < 1.29 is 19.4 Å². The van der Waals surface area contributed by atoms with E-state index < -0.39 is 6.09 Å². The van der Waals surface area contributed by atoms with E-state index in [0.29, 0.717) is 18.8 Å². The molecule has 2 aliphatic heterocycles. The molecular weight excluding hydrogens is 408 g/mol. The van der Waals surface area contributed by atoms with Crippen molar-refractivity contribution in [1.29, 1.82) is 0 Å². The van der Waals surface area contributed by atoms with Gasteiger partial charge in [0, 0.05) is 25.7 Å². The van der Waals surface area contributed by atoms with Crippen LogP contribution in [0.1, 0.15) is 58.8 Å². The third-order valence-corrected chi connectivity index (χ3v) is 7.10. The number of hydrogen-bond donors (Lipinski definition) is 2.